The summed E-state index contributed by atoms with van der Waals surface area (Å²) in [4.78, 5) is 0. The first-order valence-electron chi connectivity index (χ1n) is 9.21. The van der Waals surface area contributed by atoms with Gasteiger partial charge in [0.05, 0.1) is 6.10 Å². The van der Waals surface area contributed by atoms with Crippen LogP contribution in [0, 0.1) is 34.5 Å². The van der Waals surface area contributed by atoms with Crippen LogP contribution in [0.2, 0.25) is 0 Å². The molecule has 0 bridgehead atoms. The van der Waals surface area contributed by atoms with Gasteiger partial charge in [-0.1, -0.05) is 20.3 Å². The fourth-order valence-corrected chi connectivity index (χ4v) is 7.23. The van der Waals surface area contributed by atoms with Crippen molar-refractivity contribution >= 4 is 0 Å². The van der Waals surface area contributed by atoms with Crippen molar-refractivity contribution in [2.24, 2.45) is 34.5 Å². The Morgan fingerprint density at radius 1 is 0.850 bits per heavy atom. The fourth-order valence-electron chi connectivity index (χ4n) is 7.23. The van der Waals surface area contributed by atoms with Crippen LogP contribution in [0.4, 0.5) is 0 Å². The highest BCUT2D eigenvalue weighted by Crippen LogP contribution is 2.66. The number of rotatable bonds is 0. The summed E-state index contributed by atoms with van der Waals surface area (Å²) in [5.74, 6) is 3.85. The highest BCUT2D eigenvalue weighted by atomic mass is 16.3. The molecule has 1 nitrogen and oxygen atoms in total. The zero-order valence-electron chi connectivity index (χ0n) is 13.4. The van der Waals surface area contributed by atoms with Crippen molar-refractivity contribution in [3.8, 4) is 0 Å². The van der Waals surface area contributed by atoms with Gasteiger partial charge in [-0.3, -0.25) is 0 Å². The van der Waals surface area contributed by atoms with E-state index >= 15 is 0 Å². The van der Waals surface area contributed by atoms with Gasteiger partial charge in [-0.25, -0.2) is 0 Å². The third kappa shape index (κ3) is 1.77. The first kappa shape index (κ1) is 13.6. The van der Waals surface area contributed by atoms with Crippen LogP contribution in [0.5, 0.6) is 0 Å². The average Bonchev–Trinajstić information content (AvgIpc) is 2.81. The van der Waals surface area contributed by atoms with E-state index in [1.54, 1.807) is 0 Å². The molecular formula is C19H32O. The van der Waals surface area contributed by atoms with E-state index in [1.165, 1.54) is 51.4 Å². The molecule has 6 unspecified atom stereocenters. The number of fused-ring (bicyclic) bond motifs is 5. The maximum Gasteiger partial charge on any atom is 0.0543 e. The highest BCUT2D eigenvalue weighted by Gasteiger charge is 2.57. The predicted octanol–water partition coefficient (Wildman–Crippen LogP) is 4.78. The number of aliphatic hydroxyl groups is 1. The van der Waals surface area contributed by atoms with Gasteiger partial charge in [0, 0.05) is 0 Å². The van der Waals surface area contributed by atoms with Crippen LogP contribution in [0.15, 0.2) is 0 Å². The van der Waals surface area contributed by atoms with Gasteiger partial charge in [0.15, 0.2) is 0 Å². The summed E-state index contributed by atoms with van der Waals surface area (Å²) >= 11 is 0. The Kier molecular flexibility index (Phi) is 3.05. The first-order valence-corrected chi connectivity index (χ1v) is 9.21. The first-order chi connectivity index (χ1) is 9.53. The molecule has 0 aliphatic heterocycles. The SMILES string of the molecule is CC12CCCC1[C@H]1CCC3CC(O)CCC3(C)C1CC2. The van der Waals surface area contributed by atoms with Gasteiger partial charge in [0.1, 0.15) is 0 Å². The maximum absolute atomic E-state index is 10.0. The second-order valence-electron chi connectivity index (χ2n) is 9.17. The minimum Gasteiger partial charge on any atom is -0.393 e. The molecule has 1 N–H and O–H groups in total. The maximum atomic E-state index is 10.0. The molecule has 20 heavy (non-hydrogen) atoms. The lowest BCUT2D eigenvalue weighted by Crippen LogP contribution is -2.53. The molecule has 114 valence electrons. The molecule has 4 aliphatic carbocycles. The molecule has 1 heteroatoms. The van der Waals surface area contributed by atoms with Crippen LogP contribution in [0.1, 0.15) is 78.1 Å². The van der Waals surface area contributed by atoms with Crippen molar-refractivity contribution in [2.75, 3.05) is 0 Å². The van der Waals surface area contributed by atoms with Crippen LogP contribution >= 0.6 is 0 Å². The zero-order valence-corrected chi connectivity index (χ0v) is 13.4. The van der Waals surface area contributed by atoms with Crippen LogP contribution in [0.25, 0.3) is 0 Å². The Labute approximate surface area is 124 Å². The molecule has 4 saturated carbocycles. The molecule has 0 spiro atoms. The van der Waals surface area contributed by atoms with Crippen molar-refractivity contribution in [2.45, 2.75) is 84.2 Å². The molecule has 0 heterocycles. The number of hydrogen-bond donors (Lipinski definition) is 1. The molecule has 0 saturated heterocycles. The van der Waals surface area contributed by atoms with Crippen molar-refractivity contribution in [3.05, 3.63) is 0 Å². The van der Waals surface area contributed by atoms with E-state index in [1.807, 2.05) is 0 Å². The molecule has 7 atom stereocenters. The molecule has 4 aliphatic rings. The van der Waals surface area contributed by atoms with Gasteiger partial charge in [0.2, 0.25) is 0 Å². The predicted molar refractivity (Wildman–Crippen MR) is 82.4 cm³/mol. The van der Waals surface area contributed by atoms with Gasteiger partial charge >= 0.3 is 0 Å². The third-order valence-electron chi connectivity index (χ3n) is 8.42. The quantitative estimate of drug-likeness (QED) is 0.675. The Bertz CT molecular complexity index is 391. The van der Waals surface area contributed by atoms with Gasteiger partial charge in [-0.15, -0.1) is 0 Å². The zero-order chi connectivity index (χ0) is 14.0. The van der Waals surface area contributed by atoms with Crippen molar-refractivity contribution in [3.63, 3.8) is 0 Å². The Morgan fingerprint density at radius 3 is 2.55 bits per heavy atom. The van der Waals surface area contributed by atoms with Crippen molar-refractivity contribution in [1.29, 1.82) is 0 Å². The lowest BCUT2D eigenvalue weighted by Gasteiger charge is -2.60. The summed E-state index contributed by atoms with van der Waals surface area (Å²) in [6.45, 7) is 5.19. The summed E-state index contributed by atoms with van der Waals surface area (Å²) in [5.41, 5.74) is 1.25. The molecule has 0 radical (unpaired) electrons. The van der Waals surface area contributed by atoms with E-state index in [2.05, 4.69) is 13.8 Å². The summed E-state index contributed by atoms with van der Waals surface area (Å²) < 4.78 is 0. The van der Waals surface area contributed by atoms with Gasteiger partial charge < -0.3 is 5.11 Å². The minimum absolute atomic E-state index is 0.00459. The largest absolute Gasteiger partial charge is 0.393 e. The fraction of sp³-hybridized carbons (Fsp3) is 1.00. The normalized spacial score (nSPS) is 58.6. The summed E-state index contributed by atoms with van der Waals surface area (Å²) in [6.07, 6.45) is 13.8. The summed E-state index contributed by atoms with van der Waals surface area (Å²) in [5, 5.41) is 10.0. The molecule has 0 amide bonds. The molecule has 0 aromatic carbocycles. The van der Waals surface area contributed by atoms with Gasteiger partial charge in [0.25, 0.3) is 0 Å². The average molecular weight is 276 g/mol. The van der Waals surface area contributed by atoms with E-state index in [0.717, 1.165) is 36.5 Å². The molecule has 0 aromatic rings. The van der Waals surface area contributed by atoms with Crippen molar-refractivity contribution < 1.29 is 5.11 Å². The van der Waals surface area contributed by atoms with E-state index in [0.29, 0.717) is 10.8 Å². The lowest BCUT2D eigenvalue weighted by atomic mass is 9.45. The Balaban J connectivity index is 1.62. The molecule has 4 fully saturated rings. The van der Waals surface area contributed by atoms with E-state index in [4.69, 9.17) is 0 Å². The number of aliphatic hydroxyl groups excluding tert-OH is 1. The molecular weight excluding hydrogens is 244 g/mol. The standard InChI is InChI=1S/C19H32O/c1-18-9-3-4-16(18)15-6-5-13-12-14(20)7-11-19(13,2)17(15)8-10-18/h13-17,20H,3-12H2,1-2H3/t13?,14?,15-,16?,17?,18?,19?/m1/s1. The highest BCUT2D eigenvalue weighted by molar-refractivity contribution is 5.07. The van der Waals surface area contributed by atoms with Crippen molar-refractivity contribution in [1.82, 2.24) is 0 Å². The topological polar surface area (TPSA) is 20.2 Å². The van der Waals surface area contributed by atoms with Crippen LogP contribution < -0.4 is 0 Å². The minimum atomic E-state index is 0.00459. The number of hydrogen-bond acceptors (Lipinski definition) is 1. The van der Waals surface area contributed by atoms with E-state index in [-0.39, 0.29) is 6.10 Å². The monoisotopic (exact) mass is 276 g/mol. The second-order valence-corrected chi connectivity index (χ2v) is 9.17. The van der Waals surface area contributed by atoms with E-state index < -0.39 is 0 Å². The molecule has 4 rings (SSSR count). The van der Waals surface area contributed by atoms with E-state index in [9.17, 15) is 5.11 Å². The van der Waals surface area contributed by atoms with Crippen LogP contribution in [0.3, 0.4) is 0 Å². The molecule has 0 aromatic heterocycles. The second kappa shape index (κ2) is 4.48. The van der Waals surface area contributed by atoms with Gasteiger partial charge in [-0.2, -0.15) is 0 Å². The third-order valence-corrected chi connectivity index (χ3v) is 8.42. The van der Waals surface area contributed by atoms with Gasteiger partial charge in [-0.05, 0) is 92.3 Å². The lowest BCUT2D eigenvalue weighted by molar-refractivity contribution is -0.120. The smallest absolute Gasteiger partial charge is 0.0543 e. The van der Waals surface area contributed by atoms with Crippen LogP contribution in [-0.4, -0.2) is 11.2 Å². The Hall–Kier alpha value is -0.0400. The summed E-state index contributed by atoms with van der Waals surface area (Å²) in [7, 11) is 0. The Morgan fingerprint density at radius 2 is 1.70 bits per heavy atom. The van der Waals surface area contributed by atoms with Crippen LogP contribution in [-0.2, 0) is 0 Å². The summed E-state index contributed by atoms with van der Waals surface area (Å²) in [6, 6.07) is 0.